The summed E-state index contributed by atoms with van der Waals surface area (Å²) in [5, 5.41) is 2.84. The Kier molecular flexibility index (Phi) is 5.41. The van der Waals surface area contributed by atoms with E-state index in [-0.39, 0.29) is 12.2 Å². The molecule has 1 heterocycles. The average molecular weight is 276 g/mol. The van der Waals surface area contributed by atoms with Crippen LogP contribution in [0.25, 0.3) is 0 Å². The molecule has 0 aromatic heterocycles. The fourth-order valence-electron chi connectivity index (χ4n) is 2.49. The first-order chi connectivity index (χ1) is 9.65. The van der Waals surface area contributed by atoms with Gasteiger partial charge in [-0.1, -0.05) is 24.3 Å². The number of benzene rings is 1. The van der Waals surface area contributed by atoms with E-state index in [0.717, 1.165) is 32.4 Å². The number of alkyl carbamates (subject to hydrolysis) is 1. The zero-order valence-corrected chi connectivity index (χ0v) is 12.4. The van der Waals surface area contributed by atoms with Gasteiger partial charge < -0.3 is 15.0 Å². The predicted octanol–water partition coefficient (Wildman–Crippen LogP) is 2.36. The van der Waals surface area contributed by atoms with Gasteiger partial charge in [0.15, 0.2) is 0 Å². The molecule has 1 amide bonds. The van der Waals surface area contributed by atoms with Gasteiger partial charge in [0.25, 0.3) is 0 Å². The molecule has 1 saturated heterocycles. The van der Waals surface area contributed by atoms with Gasteiger partial charge in [0.1, 0.15) is 6.10 Å². The highest BCUT2D eigenvalue weighted by Crippen LogP contribution is 2.12. The van der Waals surface area contributed by atoms with E-state index in [2.05, 4.69) is 36.3 Å². The largest absolute Gasteiger partial charge is 0.446 e. The Hall–Kier alpha value is -1.55. The first-order valence-electron chi connectivity index (χ1n) is 7.32. The van der Waals surface area contributed by atoms with Crippen molar-refractivity contribution in [3.05, 3.63) is 35.4 Å². The molecule has 0 atom stereocenters. The van der Waals surface area contributed by atoms with Gasteiger partial charge in [-0.05, 0) is 44.4 Å². The topological polar surface area (TPSA) is 41.6 Å². The summed E-state index contributed by atoms with van der Waals surface area (Å²) in [6.45, 7) is 4.71. The molecular weight excluding hydrogens is 252 g/mol. The van der Waals surface area contributed by atoms with Crippen LogP contribution in [0.2, 0.25) is 0 Å². The summed E-state index contributed by atoms with van der Waals surface area (Å²) >= 11 is 0. The summed E-state index contributed by atoms with van der Waals surface area (Å²) in [5.74, 6) is 0. The van der Waals surface area contributed by atoms with Crippen molar-refractivity contribution in [3.63, 3.8) is 0 Å². The first-order valence-corrected chi connectivity index (χ1v) is 7.32. The molecule has 1 aliphatic heterocycles. The average Bonchev–Trinajstić information content (AvgIpc) is 2.43. The van der Waals surface area contributed by atoms with Crippen LogP contribution in [0.15, 0.2) is 24.3 Å². The molecule has 1 aromatic carbocycles. The van der Waals surface area contributed by atoms with Crippen LogP contribution < -0.4 is 5.32 Å². The number of rotatable bonds is 4. The maximum absolute atomic E-state index is 11.7. The minimum atomic E-state index is -0.284. The molecule has 110 valence electrons. The van der Waals surface area contributed by atoms with Crippen LogP contribution in [0.1, 0.15) is 24.0 Å². The van der Waals surface area contributed by atoms with Crippen LogP contribution in [0.5, 0.6) is 0 Å². The van der Waals surface area contributed by atoms with Gasteiger partial charge in [-0.2, -0.15) is 0 Å². The van der Waals surface area contributed by atoms with Crippen molar-refractivity contribution < 1.29 is 9.53 Å². The van der Waals surface area contributed by atoms with Crippen molar-refractivity contribution in [2.24, 2.45) is 0 Å². The predicted molar refractivity (Wildman–Crippen MR) is 79.9 cm³/mol. The molecule has 0 saturated carbocycles. The van der Waals surface area contributed by atoms with E-state index < -0.39 is 0 Å². The van der Waals surface area contributed by atoms with Crippen molar-refractivity contribution in [3.8, 4) is 0 Å². The van der Waals surface area contributed by atoms with Crippen molar-refractivity contribution in [2.45, 2.75) is 32.3 Å². The zero-order valence-electron chi connectivity index (χ0n) is 12.4. The molecule has 0 aliphatic carbocycles. The molecule has 1 aliphatic rings. The zero-order chi connectivity index (χ0) is 14.4. The van der Waals surface area contributed by atoms with Crippen LogP contribution in [-0.4, -0.2) is 43.8 Å². The number of likely N-dealkylation sites (tertiary alicyclic amines) is 1. The van der Waals surface area contributed by atoms with Crippen LogP contribution in [0.3, 0.4) is 0 Å². The Morgan fingerprint density at radius 3 is 2.75 bits per heavy atom. The van der Waals surface area contributed by atoms with E-state index in [1.807, 2.05) is 12.1 Å². The molecular formula is C16H24N2O2. The standard InChI is InChI=1S/C16H24N2O2/c1-13-5-3-4-6-14(13)7-10-17-16(19)20-15-8-11-18(2)12-9-15/h3-6,15H,7-12H2,1-2H3,(H,17,19). The second-order valence-corrected chi connectivity index (χ2v) is 5.51. The molecule has 0 unspecified atom stereocenters. The van der Waals surface area contributed by atoms with Crippen molar-refractivity contribution in [1.29, 1.82) is 0 Å². The van der Waals surface area contributed by atoms with Gasteiger partial charge in [0.2, 0.25) is 0 Å². The van der Waals surface area contributed by atoms with E-state index in [1.165, 1.54) is 11.1 Å². The second-order valence-electron chi connectivity index (χ2n) is 5.51. The lowest BCUT2D eigenvalue weighted by atomic mass is 10.1. The lowest BCUT2D eigenvalue weighted by molar-refractivity contribution is 0.0573. The van der Waals surface area contributed by atoms with Crippen molar-refractivity contribution in [2.75, 3.05) is 26.7 Å². The summed E-state index contributed by atoms with van der Waals surface area (Å²) < 4.78 is 5.43. The first kappa shape index (κ1) is 14.9. The molecule has 1 fully saturated rings. The third kappa shape index (κ3) is 4.53. The van der Waals surface area contributed by atoms with Gasteiger partial charge in [0, 0.05) is 19.6 Å². The number of nitrogens with zero attached hydrogens (tertiary/aromatic N) is 1. The van der Waals surface area contributed by atoms with Crippen LogP contribution >= 0.6 is 0 Å². The maximum Gasteiger partial charge on any atom is 0.407 e. The summed E-state index contributed by atoms with van der Waals surface area (Å²) in [4.78, 5) is 14.0. The van der Waals surface area contributed by atoms with E-state index >= 15 is 0 Å². The number of carbonyl (C=O) groups excluding carboxylic acids is 1. The summed E-state index contributed by atoms with van der Waals surface area (Å²) in [7, 11) is 2.10. The number of piperidine rings is 1. The molecule has 1 aromatic rings. The summed E-state index contributed by atoms with van der Waals surface area (Å²) in [6.07, 6.45) is 2.50. The number of ether oxygens (including phenoxy) is 1. The van der Waals surface area contributed by atoms with Gasteiger partial charge in [-0.15, -0.1) is 0 Å². The Morgan fingerprint density at radius 1 is 1.35 bits per heavy atom. The maximum atomic E-state index is 11.7. The van der Waals surface area contributed by atoms with Gasteiger partial charge >= 0.3 is 6.09 Å². The van der Waals surface area contributed by atoms with Crippen LogP contribution in [0, 0.1) is 6.92 Å². The third-order valence-electron chi connectivity index (χ3n) is 3.86. The number of hydrogen-bond donors (Lipinski definition) is 1. The lowest BCUT2D eigenvalue weighted by Gasteiger charge is -2.28. The normalized spacial score (nSPS) is 16.9. The number of nitrogens with one attached hydrogen (secondary N) is 1. The van der Waals surface area contributed by atoms with Crippen LogP contribution in [0.4, 0.5) is 4.79 Å². The molecule has 0 bridgehead atoms. The Morgan fingerprint density at radius 2 is 2.05 bits per heavy atom. The molecule has 4 heteroatoms. The third-order valence-corrected chi connectivity index (χ3v) is 3.86. The fraction of sp³-hybridized carbons (Fsp3) is 0.562. The van der Waals surface area contributed by atoms with Gasteiger partial charge in [-0.3, -0.25) is 0 Å². The molecule has 20 heavy (non-hydrogen) atoms. The molecule has 0 spiro atoms. The minimum Gasteiger partial charge on any atom is -0.446 e. The highest BCUT2D eigenvalue weighted by atomic mass is 16.6. The quantitative estimate of drug-likeness (QED) is 0.918. The van der Waals surface area contributed by atoms with Crippen molar-refractivity contribution >= 4 is 6.09 Å². The fourth-order valence-corrected chi connectivity index (χ4v) is 2.49. The summed E-state index contributed by atoms with van der Waals surface area (Å²) in [6, 6.07) is 8.24. The molecule has 2 rings (SSSR count). The Balaban J connectivity index is 1.67. The molecule has 1 N–H and O–H groups in total. The lowest BCUT2D eigenvalue weighted by Crippen LogP contribution is -2.38. The highest BCUT2D eigenvalue weighted by molar-refractivity contribution is 5.67. The van der Waals surface area contributed by atoms with E-state index in [1.54, 1.807) is 0 Å². The molecule has 4 nitrogen and oxygen atoms in total. The van der Waals surface area contributed by atoms with E-state index in [4.69, 9.17) is 4.74 Å². The molecule has 0 radical (unpaired) electrons. The monoisotopic (exact) mass is 276 g/mol. The van der Waals surface area contributed by atoms with Gasteiger partial charge in [-0.25, -0.2) is 4.79 Å². The SMILES string of the molecule is Cc1ccccc1CCNC(=O)OC1CCN(C)CC1. The Bertz CT molecular complexity index is 440. The number of aryl methyl sites for hydroxylation is 1. The summed E-state index contributed by atoms with van der Waals surface area (Å²) in [5.41, 5.74) is 2.53. The van der Waals surface area contributed by atoms with Gasteiger partial charge in [0.05, 0.1) is 0 Å². The van der Waals surface area contributed by atoms with Crippen LogP contribution in [-0.2, 0) is 11.2 Å². The van der Waals surface area contributed by atoms with E-state index in [0.29, 0.717) is 6.54 Å². The highest BCUT2D eigenvalue weighted by Gasteiger charge is 2.19. The van der Waals surface area contributed by atoms with Crippen molar-refractivity contribution in [1.82, 2.24) is 10.2 Å². The number of hydrogen-bond acceptors (Lipinski definition) is 3. The second kappa shape index (κ2) is 7.29. The number of amides is 1. The smallest absolute Gasteiger partial charge is 0.407 e. The Labute approximate surface area is 121 Å². The number of carbonyl (C=O) groups is 1. The van der Waals surface area contributed by atoms with E-state index in [9.17, 15) is 4.79 Å². The minimum absolute atomic E-state index is 0.0738.